The summed E-state index contributed by atoms with van der Waals surface area (Å²) in [6.45, 7) is 1.10. The van der Waals surface area contributed by atoms with Gasteiger partial charge in [0, 0.05) is 12.2 Å². The van der Waals surface area contributed by atoms with E-state index in [1.165, 1.54) is 36.4 Å². The monoisotopic (exact) mass is 457 g/mol. The van der Waals surface area contributed by atoms with Crippen LogP contribution < -0.4 is 15.0 Å². The van der Waals surface area contributed by atoms with Gasteiger partial charge >= 0.3 is 12.0 Å². The van der Waals surface area contributed by atoms with Crippen LogP contribution in [0.15, 0.2) is 23.2 Å². The molecule has 10 heteroatoms. The molecule has 7 nitrogen and oxygen atoms in total. The molecule has 0 spiro atoms. The molecule has 1 heterocycles. The molecule has 1 aromatic rings. The van der Waals surface area contributed by atoms with Crippen LogP contribution in [0.3, 0.4) is 0 Å². The number of methoxy groups -OCH3 is 1. The molecule has 2 amide bonds. The Balaban J connectivity index is 1.68. The third kappa shape index (κ3) is 6.20. The van der Waals surface area contributed by atoms with Crippen LogP contribution in [0.2, 0.25) is 5.02 Å². The summed E-state index contributed by atoms with van der Waals surface area (Å²) in [7, 11) is 1.55. The van der Waals surface area contributed by atoms with Crippen LogP contribution in [0.25, 0.3) is 0 Å². The number of halogens is 1. The second kappa shape index (κ2) is 10.4. The van der Waals surface area contributed by atoms with Gasteiger partial charge < -0.3 is 9.84 Å². The minimum atomic E-state index is -0.854. The molecule has 2 aliphatic rings. The molecule has 158 valence electrons. The van der Waals surface area contributed by atoms with Crippen LogP contribution in [-0.4, -0.2) is 52.8 Å². The predicted molar refractivity (Wildman–Crippen MR) is 120 cm³/mol. The number of carbonyl (C=O) groups excluding carboxylic acids is 1. The number of amides is 2. The molecule has 0 saturated heterocycles. The van der Waals surface area contributed by atoms with Crippen molar-refractivity contribution in [2.75, 3.05) is 30.9 Å². The van der Waals surface area contributed by atoms with E-state index in [2.05, 4.69) is 10.3 Å². The summed E-state index contributed by atoms with van der Waals surface area (Å²) in [6, 6.07) is 5.07. The van der Waals surface area contributed by atoms with E-state index < -0.39 is 5.97 Å². The summed E-state index contributed by atoms with van der Waals surface area (Å²) in [5.41, 5.74) is 0.709. The first-order chi connectivity index (χ1) is 14.0. The Labute approximate surface area is 183 Å². The molecule has 1 unspecified atom stereocenters. The van der Waals surface area contributed by atoms with Crippen molar-refractivity contribution in [2.24, 2.45) is 10.9 Å². The maximum Gasteiger partial charge on any atom is 0.327 e. The van der Waals surface area contributed by atoms with E-state index in [-0.39, 0.29) is 16.4 Å². The Morgan fingerprint density at radius 3 is 2.83 bits per heavy atom. The number of nitrogens with one attached hydrogen (secondary N) is 1. The highest BCUT2D eigenvalue weighted by Crippen LogP contribution is 2.33. The van der Waals surface area contributed by atoms with Crippen LogP contribution in [0.4, 0.5) is 10.5 Å². The van der Waals surface area contributed by atoms with Crippen LogP contribution in [0, 0.1) is 5.92 Å². The Kier molecular flexibility index (Phi) is 7.97. The Morgan fingerprint density at radius 2 is 2.17 bits per heavy atom. The van der Waals surface area contributed by atoms with Gasteiger partial charge in [0.1, 0.15) is 5.75 Å². The van der Waals surface area contributed by atoms with Crippen molar-refractivity contribution in [3.8, 4) is 5.75 Å². The van der Waals surface area contributed by atoms with Crippen molar-refractivity contribution < 1.29 is 19.4 Å². The summed E-state index contributed by atoms with van der Waals surface area (Å²) in [5, 5.41) is 12.7. The third-order valence-corrected chi connectivity index (χ3v) is 7.63. The lowest BCUT2D eigenvalue weighted by Crippen LogP contribution is -2.44. The Morgan fingerprint density at radius 1 is 1.41 bits per heavy atom. The molecular weight excluding hydrogens is 434 g/mol. The second-order valence-corrected chi connectivity index (χ2v) is 10.00. The zero-order valence-corrected chi connectivity index (χ0v) is 18.5. The van der Waals surface area contributed by atoms with Gasteiger partial charge in [-0.25, -0.2) is 4.79 Å². The first-order valence-corrected chi connectivity index (χ1v) is 11.7. The van der Waals surface area contributed by atoms with Gasteiger partial charge in [0.15, 0.2) is 5.17 Å². The molecule has 2 N–H and O–H groups in total. The smallest absolute Gasteiger partial charge is 0.327 e. The molecule has 29 heavy (non-hydrogen) atoms. The van der Waals surface area contributed by atoms with Gasteiger partial charge in [-0.2, -0.15) is 0 Å². The quantitative estimate of drug-likeness (QED) is 0.634. The van der Waals surface area contributed by atoms with Gasteiger partial charge in [0.05, 0.1) is 29.0 Å². The lowest BCUT2D eigenvalue weighted by atomic mass is 10.1. The summed E-state index contributed by atoms with van der Waals surface area (Å²) in [5.74, 6) is 0.184. The number of hydrogen-bond donors (Lipinski definition) is 2. The number of ether oxygens (including phenoxy) is 1. The molecule has 1 saturated carbocycles. The third-order valence-electron chi connectivity index (χ3n) is 4.84. The fraction of sp³-hybridized carbons (Fsp3) is 0.526. The zero-order chi connectivity index (χ0) is 20.8. The number of aliphatic imine (C=N–C) groups is 1. The maximum absolute atomic E-state index is 13.1. The average molecular weight is 458 g/mol. The van der Waals surface area contributed by atoms with Gasteiger partial charge in [-0.3, -0.25) is 20.0 Å². The summed E-state index contributed by atoms with van der Waals surface area (Å²) in [6.07, 6.45) is 4.59. The topological polar surface area (TPSA) is 91.2 Å². The highest BCUT2D eigenvalue weighted by atomic mass is 35.5. The molecule has 0 aromatic heterocycles. The van der Waals surface area contributed by atoms with Gasteiger partial charge in [-0.15, -0.1) is 11.8 Å². The van der Waals surface area contributed by atoms with Crippen molar-refractivity contribution in [1.82, 2.24) is 5.32 Å². The van der Waals surface area contributed by atoms with Gasteiger partial charge in [-0.05, 0) is 37.0 Å². The normalized spacial score (nSPS) is 19.1. The highest BCUT2D eigenvalue weighted by molar-refractivity contribution is 8.25. The van der Waals surface area contributed by atoms with E-state index in [1.54, 1.807) is 24.1 Å². The van der Waals surface area contributed by atoms with Crippen molar-refractivity contribution in [3.63, 3.8) is 0 Å². The Bertz CT molecular complexity index is 787. The molecule has 1 aliphatic carbocycles. The minimum absolute atomic E-state index is 0.000105. The van der Waals surface area contributed by atoms with Crippen LogP contribution in [-0.2, 0) is 4.79 Å². The number of aliphatic carboxylic acids is 1. The van der Waals surface area contributed by atoms with E-state index in [0.717, 1.165) is 12.8 Å². The number of thioether (sulfide) groups is 2. The number of hydrogen-bond acceptors (Lipinski definition) is 6. The van der Waals surface area contributed by atoms with Crippen molar-refractivity contribution in [2.45, 2.75) is 30.3 Å². The molecule has 3 rings (SSSR count). The number of carboxylic acid groups (broad SMARTS) is 1. The number of carboxylic acids is 1. The highest BCUT2D eigenvalue weighted by Gasteiger charge is 2.27. The van der Waals surface area contributed by atoms with E-state index >= 15 is 0 Å². The number of amidine groups is 1. The number of nitrogens with zero attached hydrogens (tertiary/aromatic N) is 2. The number of anilines is 1. The van der Waals surface area contributed by atoms with Crippen molar-refractivity contribution >= 4 is 58.0 Å². The average Bonchev–Trinajstić information content (AvgIpc) is 3.36. The van der Waals surface area contributed by atoms with Crippen molar-refractivity contribution in [1.29, 1.82) is 0 Å². The first-order valence-electron chi connectivity index (χ1n) is 9.43. The number of rotatable bonds is 7. The molecule has 0 radical (unpaired) electrons. The fourth-order valence-corrected chi connectivity index (χ4v) is 5.62. The zero-order valence-electron chi connectivity index (χ0n) is 16.1. The Hall–Kier alpha value is -1.58. The van der Waals surface area contributed by atoms with Crippen LogP contribution in [0.1, 0.15) is 25.7 Å². The largest absolute Gasteiger partial charge is 0.495 e. The number of urea groups is 1. The summed E-state index contributed by atoms with van der Waals surface area (Å²) in [4.78, 5) is 29.9. The molecule has 0 bridgehead atoms. The minimum Gasteiger partial charge on any atom is -0.495 e. The molecule has 1 aliphatic heterocycles. The van der Waals surface area contributed by atoms with Crippen molar-refractivity contribution in [3.05, 3.63) is 23.2 Å². The van der Waals surface area contributed by atoms with Gasteiger partial charge in [0.2, 0.25) is 0 Å². The second-order valence-electron chi connectivity index (χ2n) is 6.91. The van der Waals surface area contributed by atoms with E-state index in [0.29, 0.717) is 40.6 Å². The maximum atomic E-state index is 13.1. The molecule has 1 fully saturated rings. The SMILES string of the molecule is COc1ccc(N(CC2CCCC2)C(=O)NC2=NCC(SCC(=O)O)S2)cc1Cl. The molecule has 1 aromatic carbocycles. The fourth-order valence-electron chi connectivity index (χ4n) is 3.42. The van der Waals surface area contributed by atoms with Gasteiger partial charge in [0.25, 0.3) is 0 Å². The predicted octanol–water partition coefficient (Wildman–Crippen LogP) is 4.30. The lowest BCUT2D eigenvalue weighted by Gasteiger charge is -2.26. The first kappa shape index (κ1) is 22.1. The van der Waals surface area contributed by atoms with Crippen LogP contribution >= 0.6 is 35.1 Å². The van der Waals surface area contributed by atoms with Gasteiger partial charge in [-0.1, -0.05) is 36.2 Å². The standard InChI is InChI=1S/C19H24ClN3O4S2/c1-27-15-7-6-13(8-14(15)20)23(10-12-4-2-3-5-12)19(26)22-18-21-9-17(29-18)28-11-16(24)25/h6-8,12,17H,2-5,9-11H2,1H3,(H,24,25)(H,21,22,26). The molecular formula is C19H24ClN3O4S2. The lowest BCUT2D eigenvalue weighted by molar-refractivity contribution is -0.133. The van der Waals surface area contributed by atoms with Crippen LogP contribution in [0.5, 0.6) is 5.75 Å². The number of benzene rings is 1. The summed E-state index contributed by atoms with van der Waals surface area (Å²) >= 11 is 8.99. The van der Waals surface area contributed by atoms with E-state index in [4.69, 9.17) is 21.4 Å². The van der Waals surface area contributed by atoms with E-state index in [1.807, 2.05) is 6.07 Å². The number of carbonyl (C=O) groups is 2. The molecule has 1 atom stereocenters. The van der Waals surface area contributed by atoms with E-state index in [9.17, 15) is 9.59 Å². The summed E-state index contributed by atoms with van der Waals surface area (Å²) < 4.78 is 5.22.